The third-order valence-electron chi connectivity index (χ3n) is 4.23. The van der Waals surface area contributed by atoms with Crippen LogP contribution in [-0.4, -0.2) is 35.6 Å². The van der Waals surface area contributed by atoms with E-state index in [1.165, 1.54) is 18.4 Å². The van der Waals surface area contributed by atoms with Crippen molar-refractivity contribution < 1.29 is 13.5 Å². The van der Waals surface area contributed by atoms with Gasteiger partial charge in [0.25, 0.3) is 0 Å². The van der Waals surface area contributed by atoms with Crippen molar-refractivity contribution in [2.75, 3.05) is 13.2 Å². The van der Waals surface area contributed by atoms with Crippen LogP contribution in [0, 0.1) is 5.41 Å². The molecule has 1 aromatic rings. The van der Waals surface area contributed by atoms with Gasteiger partial charge in [0.1, 0.15) is 0 Å². The van der Waals surface area contributed by atoms with Gasteiger partial charge in [-0.1, -0.05) is 37.1 Å². The van der Waals surface area contributed by atoms with Gasteiger partial charge in [0, 0.05) is 6.61 Å². The molecule has 1 fully saturated rings. The molecule has 0 bridgehead atoms. The van der Waals surface area contributed by atoms with Crippen LogP contribution in [-0.2, 0) is 32.1 Å². The molecule has 0 aliphatic heterocycles. The first-order valence-corrected chi connectivity index (χ1v) is 8.22. The van der Waals surface area contributed by atoms with E-state index in [0.717, 1.165) is 24.8 Å². The molecule has 2 N–H and O–H groups in total. The zero-order valence-corrected chi connectivity index (χ0v) is 15.5. The monoisotopic (exact) mass is 325 g/mol. The molecule has 0 spiro atoms. The summed E-state index contributed by atoms with van der Waals surface area (Å²) < 4.78 is 24.0. The minimum atomic E-state index is -2.18. The van der Waals surface area contributed by atoms with Crippen molar-refractivity contribution in [2.45, 2.75) is 38.5 Å². The molecule has 116 valence electrons. The molecular formula is C15H24AlNO3S. The Bertz CT molecular complexity index is 488. The number of aliphatic hydroxyl groups is 1. The summed E-state index contributed by atoms with van der Waals surface area (Å²) in [6.45, 7) is 0.698. The van der Waals surface area contributed by atoms with Crippen molar-refractivity contribution in [3.05, 3.63) is 35.4 Å². The molecule has 0 heterocycles. The third kappa shape index (κ3) is 5.73. The van der Waals surface area contributed by atoms with Crippen LogP contribution in [0.15, 0.2) is 24.3 Å². The first-order valence-electron chi connectivity index (χ1n) is 7.15. The Kier molecular flexibility index (Phi) is 7.93. The molecule has 0 aromatic heterocycles. The zero-order chi connectivity index (χ0) is 14.4. The molecule has 1 aliphatic rings. The van der Waals surface area contributed by atoms with Crippen LogP contribution in [0.3, 0.4) is 0 Å². The Morgan fingerprint density at radius 1 is 1.10 bits per heavy atom. The summed E-state index contributed by atoms with van der Waals surface area (Å²) in [5, 5.41) is 8.92. The molecule has 0 unspecified atom stereocenters. The first-order chi connectivity index (χ1) is 9.63. The maximum absolute atomic E-state index is 10.7. The summed E-state index contributed by atoms with van der Waals surface area (Å²) in [4.78, 5) is 0. The van der Waals surface area contributed by atoms with Crippen LogP contribution < -0.4 is 4.72 Å². The Labute approximate surface area is 139 Å². The van der Waals surface area contributed by atoms with Gasteiger partial charge in [-0.05, 0) is 59.7 Å². The van der Waals surface area contributed by atoms with Gasteiger partial charge in [-0.2, -0.15) is 0 Å². The Hall–Kier alpha value is -0.378. The van der Waals surface area contributed by atoms with E-state index in [0.29, 0.717) is 13.0 Å². The van der Waals surface area contributed by atoms with Crippen LogP contribution >= 0.6 is 0 Å². The number of benzene rings is 1. The number of hydrogen-bond acceptors (Lipinski definition) is 4. The molecular weight excluding hydrogens is 301 g/mol. The summed E-state index contributed by atoms with van der Waals surface area (Å²) >= 11 is 0. The molecule has 0 atom stereocenters. The molecule has 0 radical (unpaired) electrons. The van der Waals surface area contributed by atoms with Crippen molar-refractivity contribution in [3.8, 4) is 0 Å². The van der Waals surface area contributed by atoms with E-state index in [4.69, 9.17) is 5.11 Å². The van der Waals surface area contributed by atoms with Crippen LogP contribution in [0.2, 0.25) is 0 Å². The van der Waals surface area contributed by atoms with E-state index < -0.39 is 10.9 Å². The average molecular weight is 325 g/mol. The summed E-state index contributed by atoms with van der Waals surface area (Å²) in [5.74, 6) is 0. The second-order valence-electron chi connectivity index (χ2n) is 5.73. The number of hydrogen-bond donors (Lipinski definition) is 2. The molecule has 1 saturated carbocycles. The van der Waals surface area contributed by atoms with Gasteiger partial charge in [0.05, 0.1) is 0 Å². The second kappa shape index (κ2) is 8.92. The average Bonchev–Trinajstić information content (AvgIpc) is 2.88. The van der Waals surface area contributed by atoms with E-state index in [1.54, 1.807) is 0 Å². The SMILES string of the molecule is O=[S-](=O)NCC1(Cc2ccc(CCO)cc2)CCCC1.[AlH2+]. The van der Waals surface area contributed by atoms with E-state index in [-0.39, 0.29) is 29.4 Å². The van der Waals surface area contributed by atoms with Gasteiger partial charge in [0.2, 0.25) is 0 Å². The summed E-state index contributed by atoms with van der Waals surface area (Å²) in [6.07, 6.45) is 6.11. The molecule has 4 nitrogen and oxygen atoms in total. The first kappa shape index (κ1) is 18.7. The van der Waals surface area contributed by atoms with Crippen molar-refractivity contribution in [1.82, 2.24) is 4.72 Å². The van der Waals surface area contributed by atoms with Gasteiger partial charge in [-0.3, -0.25) is 0 Å². The van der Waals surface area contributed by atoms with Crippen molar-refractivity contribution in [2.24, 2.45) is 5.41 Å². The van der Waals surface area contributed by atoms with E-state index >= 15 is 0 Å². The normalized spacial score (nSPS) is 16.9. The predicted octanol–water partition coefficient (Wildman–Crippen LogP) is 1.22. The number of rotatable bonds is 7. The Morgan fingerprint density at radius 2 is 1.67 bits per heavy atom. The fraction of sp³-hybridized carbons (Fsp3) is 0.600. The molecule has 21 heavy (non-hydrogen) atoms. The summed E-state index contributed by atoms with van der Waals surface area (Å²) in [5.41, 5.74) is 2.45. The topological polar surface area (TPSA) is 66.4 Å². The molecule has 2 rings (SSSR count). The predicted molar refractivity (Wildman–Crippen MR) is 87.1 cm³/mol. The van der Waals surface area contributed by atoms with E-state index in [9.17, 15) is 8.42 Å². The van der Waals surface area contributed by atoms with Gasteiger partial charge >= 0.3 is 17.4 Å². The fourth-order valence-electron chi connectivity index (χ4n) is 3.14. The summed E-state index contributed by atoms with van der Waals surface area (Å²) in [7, 11) is -2.18. The zero-order valence-electron chi connectivity index (χ0n) is 12.6. The van der Waals surface area contributed by atoms with Gasteiger partial charge < -0.3 is 18.2 Å². The number of nitrogens with one attached hydrogen (secondary N) is 1. The molecule has 1 aliphatic carbocycles. The van der Waals surface area contributed by atoms with E-state index in [1.807, 2.05) is 12.1 Å². The van der Waals surface area contributed by atoms with E-state index in [2.05, 4.69) is 16.9 Å². The fourth-order valence-corrected chi connectivity index (χ4v) is 3.56. The minimum absolute atomic E-state index is 0. The quantitative estimate of drug-likeness (QED) is 0.585. The third-order valence-corrected chi connectivity index (χ3v) is 4.61. The van der Waals surface area contributed by atoms with Gasteiger partial charge in [0.15, 0.2) is 0 Å². The molecule has 6 heteroatoms. The van der Waals surface area contributed by atoms with Gasteiger partial charge in [-0.25, -0.2) is 0 Å². The second-order valence-corrected chi connectivity index (χ2v) is 6.49. The van der Waals surface area contributed by atoms with Crippen molar-refractivity contribution in [1.29, 1.82) is 0 Å². The van der Waals surface area contributed by atoms with Crippen LogP contribution in [0.1, 0.15) is 36.8 Å². The summed E-state index contributed by atoms with van der Waals surface area (Å²) in [6, 6.07) is 8.29. The Balaban J connectivity index is 0.00000220. The Morgan fingerprint density at radius 3 is 2.19 bits per heavy atom. The number of aliphatic hydroxyl groups excluding tert-OH is 1. The van der Waals surface area contributed by atoms with Crippen molar-refractivity contribution in [3.63, 3.8) is 0 Å². The van der Waals surface area contributed by atoms with Gasteiger partial charge in [-0.15, -0.1) is 0 Å². The van der Waals surface area contributed by atoms with Crippen LogP contribution in [0.25, 0.3) is 0 Å². The van der Waals surface area contributed by atoms with Crippen LogP contribution in [0.4, 0.5) is 0 Å². The molecule has 0 amide bonds. The van der Waals surface area contributed by atoms with Crippen LogP contribution in [0.5, 0.6) is 0 Å². The van der Waals surface area contributed by atoms with Crippen molar-refractivity contribution >= 4 is 28.3 Å². The maximum atomic E-state index is 10.7. The molecule has 1 aromatic carbocycles. The molecule has 0 saturated heterocycles. The standard InChI is InChI=1S/C15H22NO3S.Al.2H/c17-10-7-13-3-5-14(6-4-13)11-15(8-1-2-9-15)12-16-20(18)19;;;/h3-6,17H,1-2,7-12H2,(H,16,18,19);;;/q-1;+1;;.